The summed E-state index contributed by atoms with van der Waals surface area (Å²) in [5.74, 6) is 0. The number of hydrogen-bond donors (Lipinski definition) is 1. The summed E-state index contributed by atoms with van der Waals surface area (Å²) in [7, 11) is 0. The Morgan fingerprint density at radius 3 is 2.40 bits per heavy atom. The van der Waals surface area contributed by atoms with Gasteiger partial charge in [-0.1, -0.05) is 20.3 Å². The first-order valence-electron chi connectivity index (χ1n) is 3.84. The van der Waals surface area contributed by atoms with E-state index in [2.05, 4.69) is 0 Å². The zero-order chi connectivity index (χ0) is 8.04. The molecule has 0 aliphatic rings. The molecule has 60 valence electrons. The van der Waals surface area contributed by atoms with E-state index in [0.29, 0.717) is 6.42 Å². The molecular weight excluding hydrogens is 128 g/mol. The fourth-order valence-electron chi connectivity index (χ4n) is 1.04. The van der Waals surface area contributed by atoms with E-state index in [1.165, 1.54) is 0 Å². The number of aldehydes is 1. The van der Waals surface area contributed by atoms with Crippen LogP contribution in [0.15, 0.2) is 0 Å². The molecule has 1 N–H and O–H groups in total. The van der Waals surface area contributed by atoms with Gasteiger partial charge in [-0.2, -0.15) is 0 Å². The minimum Gasteiger partial charge on any atom is -0.389 e. The summed E-state index contributed by atoms with van der Waals surface area (Å²) in [5.41, 5.74) is -0.726. The Bertz CT molecular complexity index is 101. The average molecular weight is 144 g/mol. The van der Waals surface area contributed by atoms with Crippen molar-refractivity contribution in [2.75, 3.05) is 0 Å². The summed E-state index contributed by atoms with van der Waals surface area (Å²) in [4.78, 5) is 10.1. The van der Waals surface area contributed by atoms with Gasteiger partial charge in [0.25, 0.3) is 0 Å². The lowest BCUT2D eigenvalue weighted by atomic mass is 9.92. The molecule has 0 saturated heterocycles. The Morgan fingerprint density at radius 1 is 1.50 bits per heavy atom. The van der Waals surface area contributed by atoms with Crippen molar-refractivity contribution in [3.05, 3.63) is 0 Å². The summed E-state index contributed by atoms with van der Waals surface area (Å²) >= 11 is 0. The quantitative estimate of drug-likeness (QED) is 0.594. The van der Waals surface area contributed by atoms with Crippen molar-refractivity contribution in [1.29, 1.82) is 0 Å². The Hall–Kier alpha value is -0.370. The van der Waals surface area contributed by atoms with Crippen LogP contribution in [0.1, 0.15) is 39.5 Å². The van der Waals surface area contributed by atoms with Crippen molar-refractivity contribution in [3.8, 4) is 0 Å². The molecule has 0 bridgehead atoms. The van der Waals surface area contributed by atoms with E-state index in [1.54, 1.807) is 0 Å². The van der Waals surface area contributed by atoms with E-state index in [9.17, 15) is 9.90 Å². The monoisotopic (exact) mass is 144 g/mol. The highest BCUT2D eigenvalue weighted by atomic mass is 16.3. The van der Waals surface area contributed by atoms with E-state index in [4.69, 9.17) is 0 Å². The van der Waals surface area contributed by atoms with Gasteiger partial charge in [0.1, 0.15) is 6.29 Å². The van der Waals surface area contributed by atoms with Crippen LogP contribution in [-0.4, -0.2) is 17.0 Å². The molecule has 1 atom stereocenters. The predicted molar refractivity (Wildman–Crippen MR) is 40.8 cm³/mol. The molecule has 1 unspecified atom stereocenters. The first kappa shape index (κ1) is 9.63. The first-order valence-corrected chi connectivity index (χ1v) is 3.84. The van der Waals surface area contributed by atoms with E-state index in [-0.39, 0.29) is 6.42 Å². The predicted octanol–water partition coefficient (Wildman–Crippen LogP) is 1.52. The molecule has 2 heteroatoms. The molecule has 0 aromatic heterocycles. The van der Waals surface area contributed by atoms with Crippen molar-refractivity contribution in [2.45, 2.75) is 45.1 Å². The average Bonchev–Trinajstić information content (AvgIpc) is 1.89. The zero-order valence-corrected chi connectivity index (χ0v) is 6.76. The minimum atomic E-state index is -0.726. The van der Waals surface area contributed by atoms with Crippen molar-refractivity contribution >= 4 is 6.29 Å². The largest absolute Gasteiger partial charge is 0.389 e. The molecule has 0 amide bonds. The molecule has 0 saturated carbocycles. The highest BCUT2D eigenvalue weighted by molar-refractivity contribution is 5.51. The van der Waals surface area contributed by atoms with Crippen LogP contribution in [-0.2, 0) is 4.79 Å². The molecule has 0 aromatic rings. The summed E-state index contributed by atoms with van der Waals surface area (Å²) < 4.78 is 0. The lowest BCUT2D eigenvalue weighted by molar-refractivity contribution is -0.112. The third-order valence-electron chi connectivity index (χ3n) is 1.84. The smallest absolute Gasteiger partial charge is 0.122 e. The standard InChI is InChI=1S/C8H16O2/c1-3-5-8(10,4-2)6-7-9/h7,10H,3-6H2,1-2H3. The number of rotatable bonds is 5. The summed E-state index contributed by atoms with van der Waals surface area (Å²) in [6, 6.07) is 0. The Balaban J connectivity index is 3.80. The van der Waals surface area contributed by atoms with Gasteiger partial charge in [0.05, 0.1) is 5.60 Å². The molecule has 0 rings (SSSR count). The van der Waals surface area contributed by atoms with Crippen molar-refractivity contribution in [2.24, 2.45) is 0 Å². The van der Waals surface area contributed by atoms with Crippen LogP contribution in [0.3, 0.4) is 0 Å². The lowest BCUT2D eigenvalue weighted by Crippen LogP contribution is -2.27. The third-order valence-corrected chi connectivity index (χ3v) is 1.84. The van der Waals surface area contributed by atoms with Crippen LogP contribution >= 0.6 is 0 Å². The number of hydrogen-bond acceptors (Lipinski definition) is 2. The Labute approximate surface area is 62.2 Å². The normalized spacial score (nSPS) is 16.3. The van der Waals surface area contributed by atoms with Gasteiger partial charge >= 0.3 is 0 Å². The maximum atomic E-state index is 10.1. The fraction of sp³-hybridized carbons (Fsp3) is 0.875. The van der Waals surface area contributed by atoms with Gasteiger partial charge in [-0.25, -0.2) is 0 Å². The van der Waals surface area contributed by atoms with Crippen LogP contribution in [0.5, 0.6) is 0 Å². The highest BCUT2D eigenvalue weighted by Gasteiger charge is 2.22. The second kappa shape index (κ2) is 4.45. The fourth-order valence-corrected chi connectivity index (χ4v) is 1.04. The Kier molecular flexibility index (Phi) is 4.28. The van der Waals surface area contributed by atoms with Gasteiger partial charge in [-0.15, -0.1) is 0 Å². The van der Waals surface area contributed by atoms with E-state index in [0.717, 1.165) is 19.1 Å². The van der Waals surface area contributed by atoms with Crippen LogP contribution < -0.4 is 0 Å². The van der Waals surface area contributed by atoms with Gasteiger partial charge in [-0.05, 0) is 12.8 Å². The lowest BCUT2D eigenvalue weighted by Gasteiger charge is -2.23. The molecule has 10 heavy (non-hydrogen) atoms. The number of carbonyl (C=O) groups is 1. The zero-order valence-electron chi connectivity index (χ0n) is 6.76. The molecule has 0 fully saturated rings. The van der Waals surface area contributed by atoms with Crippen LogP contribution in [0.25, 0.3) is 0 Å². The van der Waals surface area contributed by atoms with Crippen molar-refractivity contribution < 1.29 is 9.90 Å². The number of carbonyl (C=O) groups excluding carboxylic acids is 1. The summed E-state index contributed by atoms with van der Waals surface area (Å²) in [6.07, 6.45) is 3.39. The van der Waals surface area contributed by atoms with Gasteiger partial charge in [-0.3, -0.25) is 0 Å². The summed E-state index contributed by atoms with van der Waals surface area (Å²) in [5, 5.41) is 9.59. The van der Waals surface area contributed by atoms with Gasteiger partial charge in [0, 0.05) is 6.42 Å². The van der Waals surface area contributed by atoms with E-state index >= 15 is 0 Å². The van der Waals surface area contributed by atoms with Crippen LogP contribution in [0, 0.1) is 0 Å². The molecule has 0 aliphatic heterocycles. The van der Waals surface area contributed by atoms with Gasteiger partial charge in [0.2, 0.25) is 0 Å². The molecule has 0 radical (unpaired) electrons. The summed E-state index contributed by atoms with van der Waals surface area (Å²) in [6.45, 7) is 3.91. The van der Waals surface area contributed by atoms with Crippen molar-refractivity contribution in [3.63, 3.8) is 0 Å². The topological polar surface area (TPSA) is 37.3 Å². The highest BCUT2D eigenvalue weighted by Crippen LogP contribution is 2.19. The second-order valence-electron chi connectivity index (χ2n) is 2.70. The SMILES string of the molecule is CCCC(O)(CC)CC=O. The molecule has 0 aromatic carbocycles. The van der Waals surface area contributed by atoms with Crippen molar-refractivity contribution in [1.82, 2.24) is 0 Å². The minimum absolute atomic E-state index is 0.275. The van der Waals surface area contributed by atoms with E-state index in [1.807, 2.05) is 13.8 Å². The molecule has 0 heterocycles. The maximum absolute atomic E-state index is 10.1. The molecule has 0 aliphatic carbocycles. The Morgan fingerprint density at radius 2 is 2.10 bits per heavy atom. The first-order chi connectivity index (χ1) is 4.68. The van der Waals surface area contributed by atoms with Gasteiger partial charge < -0.3 is 9.90 Å². The van der Waals surface area contributed by atoms with Crippen LogP contribution in [0.4, 0.5) is 0 Å². The van der Waals surface area contributed by atoms with Crippen LogP contribution in [0.2, 0.25) is 0 Å². The molecular formula is C8H16O2. The second-order valence-corrected chi connectivity index (χ2v) is 2.70. The number of aliphatic hydroxyl groups is 1. The molecule has 0 spiro atoms. The van der Waals surface area contributed by atoms with E-state index < -0.39 is 5.60 Å². The molecule has 2 nitrogen and oxygen atoms in total. The maximum Gasteiger partial charge on any atom is 0.122 e. The third kappa shape index (κ3) is 2.97. The van der Waals surface area contributed by atoms with Gasteiger partial charge in [0.15, 0.2) is 0 Å².